The molecule has 2 aliphatic rings. The van der Waals surface area contributed by atoms with Crippen LogP contribution in [0.5, 0.6) is 0 Å². The molecule has 0 spiro atoms. The van der Waals surface area contributed by atoms with Crippen LogP contribution in [-0.4, -0.2) is 65.1 Å². The summed E-state index contributed by atoms with van der Waals surface area (Å²) in [6, 6.07) is 3.91. The number of carbonyl (C=O) groups is 1. The quantitative estimate of drug-likeness (QED) is 0.766. The van der Waals surface area contributed by atoms with Crippen LogP contribution < -0.4 is 10.4 Å². The number of amides is 1. The van der Waals surface area contributed by atoms with Crippen molar-refractivity contribution in [3.05, 3.63) is 17.8 Å². The van der Waals surface area contributed by atoms with E-state index in [0.29, 0.717) is 19.6 Å². The van der Waals surface area contributed by atoms with Gasteiger partial charge in [-0.3, -0.25) is 0 Å². The van der Waals surface area contributed by atoms with Crippen molar-refractivity contribution in [2.24, 2.45) is 5.41 Å². The zero-order valence-electron chi connectivity index (χ0n) is 18.9. The molecule has 160 valence electrons. The number of aryl methyl sites for hydroxylation is 1. The third-order valence-electron chi connectivity index (χ3n) is 6.57. The lowest BCUT2D eigenvalue weighted by molar-refractivity contribution is 0.00578. The molecule has 0 bridgehead atoms. The van der Waals surface area contributed by atoms with Gasteiger partial charge in [0.05, 0.1) is 17.2 Å². The molecule has 0 aliphatic carbocycles. The molecule has 1 aromatic heterocycles. The molecule has 3 heterocycles. The molecule has 0 aromatic carbocycles. The number of piperazine rings is 1. The van der Waals surface area contributed by atoms with Crippen molar-refractivity contribution < 1.29 is 19.2 Å². The molecule has 2 aliphatic heterocycles. The topological polar surface area (TPSA) is 75.1 Å². The first-order valence-electron chi connectivity index (χ1n) is 10.3. The van der Waals surface area contributed by atoms with Gasteiger partial charge in [-0.25, -0.2) is 9.78 Å². The molecule has 0 radical (unpaired) electrons. The van der Waals surface area contributed by atoms with Gasteiger partial charge in [-0.05, 0) is 46.1 Å². The van der Waals surface area contributed by atoms with E-state index in [2.05, 4.69) is 25.7 Å². The van der Waals surface area contributed by atoms with Crippen molar-refractivity contribution in [2.75, 3.05) is 24.5 Å². The lowest BCUT2D eigenvalue weighted by atomic mass is 9.78. The summed E-state index contributed by atoms with van der Waals surface area (Å²) >= 11 is 0. The Hall–Kier alpha value is -1.80. The van der Waals surface area contributed by atoms with Crippen molar-refractivity contribution >= 4 is 24.5 Å². The zero-order valence-corrected chi connectivity index (χ0v) is 18.9. The summed E-state index contributed by atoms with van der Waals surface area (Å²) in [5.74, 6) is 0.863. The summed E-state index contributed by atoms with van der Waals surface area (Å²) in [4.78, 5) is 20.2. The Bertz CT molecular complexity index is 775. The van der Waals surface area contributed by atoms with Crippen LogP contribution in [-0.2, 0) is 9.31 Å². The van der Waals surface area contributed by atoms with Crippen molar-refractivity contribution in [2.45, 2.75) is 72.6 Å². The Morgan fingerprint density at radius 1 is 1.17 bits per heavy atom. The lowest BCUT2D eigenvalue weighted by Gasteiger charge is -2.46. The average Bonchev–Trinajstić information content (AvgIpc) is 2.80. The largest absolute Gasteiger partial charge is 0.496 e. The normalized spacial score (nSPS) is 24.1. The highest BCUT2D eigenvalue weighted by Gasteiger charge is 2.52. The van der Waals surface area contributed by atoms with E-state index in [1.54, 1.807) is 4.90 Å². The van der Waals surface area contributed by atoms with Gasteiger partial charge < -0.3 is 24.2 Å². The summed E-state index contributed by atoms with van der Waals surface area (Å²) in [5.41, 5.74) is 0.860. The summed E-state index contributed by atoms with van der Waals surface area (Å²) in [7, 11) is -0.437. The number of hydrogen-bond acceptors (Lipinski definition) is 5. The van der Waals surface area contributed by atoms with Gasteiger partial charge in [-0.2, -0.15) is 0 Å². The molecule has 1 N–H and O–H groups in total. The van der Waals surface area contributed by atoms with E-state index in [1.165, 1.54) is 0 Å². The standard InChI is InChI=1S/C21H34BN3O4/c1-14-15(22-28-20(5,6)21(7,8)29-22)9-10-17(23-14)24-11-12-25(18(26)27)16(13-24)19(2,3)4/h9-10,16H,11-13H2,1-8H3,(H,26,27). The van der Waals surface area contributed by atoms with Gasteiger partial charge in [0, 0.05) is 30.8 Å². The maximum Gasteiger partial charge on any atom is 0.496 e. The molecule has 1 amide bonds. The Balaban J connectivity index is 1.81. The van der Waals surface area contributed by atoms with Gasteiger partial charge in [-0.15, -0.1) is 0 Å². The fourth-order valence-electron chi connectivity index (χ4n) is 3.92. The van der Waals surface area contributed by atoms with E-state index < -0.39 is 24.4 Å². The number of nitrogens with zero attached hydrogens (tertiary/aromatic N) is 3. The molecule has 3 rings (SSSR count). The lowest BCUT2D eigenvalue weighted by Crippen LogP contribution is -2.59. The molecule has 2 fully saturated rings. The van der Waals surface area contributed by atoms with Crippen LogP contribution in [0.4, 0.5) is 10.6 Å². The van der Waals surface area contributed by atoms with Crippen LogP contribution >= 0.6 is 0 Å². The molecule has 1 atom stereocenters. The molecular formula is C21H34BN3O4. The molecular weight excluding hydrogens is 369 g/mol. The Morgan fingerprint density at radius 2 is 1.76 bits per heavy atom. The van der Waals surface area contributed by atoms with E-state index in [0.717, 1.165) is 17.0 Å². The van der Waals surface area contributed by atoms with Crippen molar-refractivity contribution in [3.8, 4) is 0 Å². The molecule has 2 saturated heterocycles. The minimum atomic E-state index is -0.857. The monoisotopic (exact) mass is 403 g/mol. The highest BCUT2D eigenvalue weighted by atomic mass is 16.7. The average molecular weight is 403 g/mol. The van der Waals surface area contributed by atoms with Gasteiger partial charge in [0.1, 0.15) is 5.82 Å². The van der Waals surface area contributed by atoms with Crippen LogP contribution in [0.25, 0.3) is 0 Å². The summed E-state index contributed by atoms with van der Waals surface area (Å²) in [6.45, 7) is 18.1. The minimum absolute atomic E-state index is 0.0985. The number of pyridine rings is 1. The second-order valence-corrected chi connectivity index (χ2v) is 10.2. The number of anilines is 1. The number of hydrogen-bond donors (Lipinski definition) is 1. The molecule has 1 aromatic rings. The van der Waals surface area contributed by atoms with E-state index in [4.69, 9.17) is 14.3 Å². The van der Waals surface area contributed by atoms with Gasteiger partial charge in [0.2, 0.25) is 0 Å². The number of rotatable bonds is 2. The van der Waals surface area contributed by atoms with E-state index >= 15 is 0 Å². The van der Waals surface area contributed by atoms with Gasteiger partial charge in [-0.1, -0.05) is 26.8 Å². The van der Waals surface area contributed by atoms with Crippen molar-refractivity contribution in [1.29, 1.82) is 0 Å². The van der Waals surface area contributed by atoms with Gasteiger partial charge in [0.25, 0.3) is 0 Å². The van der Waals surface area contributed by atoms with Crippen molar-refractivity contribution in [1.82, 2.24) is 9.88 Å². The van der Waals surface area contributed by atoms with E-state index in [1.807, 2.05) is 46.8 Å². The molecule has 29 heavy (non-hydrogen) atoms. The highest BCUT2D eigenvalue weighted by Crippen LogP contribution is 2.37. The molecule has 1 unspecified atom stereocenters. The highest BCUT2D eigenvalue weighted by molar-refractivity contribution is 6.62. The molecule has 0 saturated carbocycles. The predicted molar refractivity (Wildman–Crippen MR) is 115 cm³/mol. The third kappa shape index (κ3) is 4.10. The number of carboxylic acid groups (broad SMARTS) is 1. The van der Waals surface area contributed by atoms with Crippen LogP contribution in [0.2, 0.25) is 0 Å². The zero-order chi connectivity index (χ0) is 21.8. The molecule has 7 nitrogen and oxygen atoms in total. The van der Waals surface area contributed by atoms with Crippen LogP contribution in [0, 0.1) is 12.3 Å². The Labute approximate surface area is 174 Å². The Morgan fingerprint density at radius 3 is 2.24 bits per heavy atom. The maximum absolute atomic E-state index is 11.7. The second-order valence-electron chi connectivity index (χ2n) is 10.2. The second kappa shape index (κ2) is 7.16. The van der Waals surface area contributed by atoms with Crippen LogP contribution in [0.1, 0.15) is 54.2 Å². The van der Waals surface area contributed by atoms with Gasteiger partial charge in [0.15, 0.2) is 0 Å². The summed E-state index contributed by atoms with van der Waals surface area (Å²) in [6.07, 6.45) is -0.857. The van der Waals surface area contributed by atoms with Crippen LogP contribution in [0.3, 0.4) is 0 Å². The van der Waals surface area contributed by atoms with E-state index in [-0.39, 0.29) is 11.5 Å². The fraction of sp³-hybridized carbons (Fsp3) is 0.714. The van der Waals surface area contributed by atoms with E-state index in [9.17, 15) is 9.90 Å². The van der Waals surface area contributed by atoms with Crippen molar-refractivity contribution in [3.63, 3.8) is 0 Å². The SMILES string of the molecule is Cc1nc(N2CCN(C(=O)O)C(C(C)(C)C)C2)ccc1B1OC(C)(C)C(C)(C)O1. The Kier molecular flexibility index (Phi) is 5.41. The fourth-order valence-corrected chi connectivity index (χ4v) is 3.92. The first-order chi connectivity index (χ1) is 13.2. The molecule has 8 heteroatoms. The predicted octanol–water partition coefficient (Wildman–Crippen LogP) is 2.90. The summed E-state index contributed by atoms with van der Waals surface area (Å²) in [5, 5.41) is 9.58. The van der Waals surface area contributed by atoms with Crippen LogP contribution in [0.15, 0.2) is 12.1 Å². The third-order valence-corrected chi connectivity index (χ3v) is 6.57. The smallest absolute Gasteiger partial charge is 0.465 e. The first-order valence-corrected chi connectivity index (χ1v) is 10.3. The summed E-state index contributed by atoms with van der Waals surface area (Å²) < 4.78 is 12.3. The first kappa shape index (κ1) is 21.9. The minimum Gasteiger partial charge on any atom is -0.465 e. The number of aromatic nitrogens is 1. The maximum atomic E-state index is 11.7. The van der Waals surface area contributed by atoms with Gasteiger partial charge >= 0.3 is 13.2 Å².